The summed E-state index contributed by atoms with van der Waals surface area (Å²) in [6.07, 6.45) is 0. The van der Waals surface area contributed by atoms with Gasteiger partial charge in [0.25, 0.3) is 0 Å². The Bertz CT molecular complexity index is 822. The Kier molecular flexibility index (Phi) is 3.32. The summed E-state index contributed by atoms with van der Waals surface area (Å²) >= 11 is 0. The van der Waals surface area contributed by atoms with Gasteiger partial charge in [0, 0.05) is 11.6 Å². The smallest absolute Gasteiger partial charge is 0.196 e. The molecule has 3 aromatic rings. The Labute approximate surface area is 122 Å². The second kappa shape index (κ2) is 5.29. The van der Waals surface area contributed by atoms with E-state index in [1.165, 1.54) is 13.2 Å². The van der Waals surface area contributed by atoms with Crippen LogP contribution < -0.4 is 4.74 Å². The first kappa shape index (κ1) is 13.2. The zero-order chi connectivity index (χ0) is 14.8. The Morgan fingerprint density at radius 1 is 0.952 bits per heavy atom. The van der Waals surface area contributed by atoms with E-state index in [0.29, 0.717) is 11.3 Å². The SMILES string of the molecule is COc1ccc(C(=O)c2ccc3ccccc3c2)c(O)c1. The number of phenolic OH excluding ortho intramolecular Hbond substituents is 1. The molecule has 0 atom stereocenters. The van der Waals surface area contributed by atoms with Crippen molar-refractivity contribution in [1.29, 1.82) is 0 Å². The van der Waals surface area contributed by atoms with E-state index in [4.69, 9.17) is 4.74 Å². The molecule has 0 amide bonds. The average molecular weight is 278 g/mol. The van der Waals surface area contributed by atoms with Crippen LogP contribution >= 0.6 is 0 Å². The highest BCUT2D eigenvalue weighted by atomic mass is 16.5. The van der Waals surface area contributed by atoms with E-state index in [2.05, 4.69) is 0 Å². The summed E-state index contributed by atoms with van der Waals surface area (Å²) in [5, 5.41) is 12.0. The number of carbonyl (C=O) groups is 1. The summed E-state index contributed by atoms with van der Waals surface area (Å²) < 4.78 is 5.02. The van der Waals surface area contributed by atoms with Gasteiger partial charge in [-0.05, 0) is 29.0 Å². The summed E-state index contributed by atoms with van der Waals surface area (Å²) in [6.45, 7) is 0. The Hall–Kier alpha value is -2.81. The number of benzene rings is 3. The molecule has 21 heavy (non-hydrogen) atoms. The zero-order valence-corrected chi connectivity index (χ0v) is 11.5. The van der Waals surface area contributed by atoms with Crippen LogP contribution in [0.4, 0.5) is 0 Å². The molecule has 3 aromatic carbocycles. The molecule has 0 aliphatic carbocycles. The summed E-state index contributed by atoms with van der Waals surface area (Å²) in [5.41, 5.74) is 0.820. The number of ether oxygens (including phenoxy) is 1. The van der Waals surface area contributed by atoms with Crippen molar-refractivity contribution in [3.8, 4) is 11.5 Å². The number of phenols is 1. The lowest BCUT2D eigenvalue weighted by atomic mass is 9.99. The lowest BCUT2D eigenvalue weighted by Crippen LogP contribution is -2.01. The van der Waals surface area contributed by atoms with Gasteiger partial charge in [0.05, 0.1) is 12.7 Å². The van der Waals surface area contributed by atoms with Crippen LogP contribution in [0.3, 0.4) is 0 Å². The molecule has 0 saturated heterocycles. The highest BCUT2D eigenvalue weighted by Gasteiger charge is 2.14. The number of aromatic hydroxyl groups is 1. The Morgan fingerprint density at radius 3 is 2.43 bits per heavy atom. The maximum absolute atomic E-state index is 12.5. The minimum absolute atomic E-state index is 0.0764. The predicted octanol–water partition coefficient (Wildman–Crippen LogP) is 3.79. The fourth-order valence-electron chi connectivity index (χ4n) is 2.32. The molecule has 0 heterocycles. The predicted molar refractivity (Wildman–Crippen MR) is 82.0 cm³/mol. The first-order valence-corrected chi connectivity index (χ1v) is 6.59. The van der Waals surface area contributed by atoms with Crippen LogP contribution in [0.2, 0.25) is 0 Å². The monoisotopic (exact) mass is 278 g/mol. The fourth-order valence-corrected chi connectivity index (χ4v) is 2.32. The number of carbonyl (C=O) groups excluding carboxylic acids is 1. The van der Waals surface area contributed by atoms with Gasteiger partial charge >= 0.3 is 0 Å². The number of fused-ring (bicyclic) bond motifs is 1. The van der Waals surface area contributed by atoms with Gasteiger partial charge < -0.3 is 9.84 Å². The van der Waals surface area contributed by atoms with Crippen LogP contribution in [0.1, 0.15) is 15.9 Å². The molecule has 0 aliphatic heterocycles. The molecule has 1 N–H and O–H groups in total. The molecule has 3 heteroatoms. The molecule has 0 spiro atoms. The zero-order valence-electron chi connectivity index (χ0n) is 11.5. The van der Waals surface area contributed by atoms with Gasteiger partial charge in [-0.3, -0.25) is 4.79 Å². The van der Waals surface area contributed by atoms with Gasteiger partial charge in [-0.2, -0.15) is 0 Å². The molecule has 0 aromatic heterocycles. The largest absolute Gasteiger partial charge is 0.507 e. The van der Waals surface area contributed by atoms with Crippen molar-refractivity contribution in [3.63, 3.8) is 0 Å². The minimum Gasteiger partial charge on any atom is -0.507 e. The van der Waals surface area contributed by atoms with Crippen molar-refractivity contribution >= 4 is 16.6 Å². The van der Waals surface area contributed by atoms with E-state index >= 15 is 0 Å². The van der Waals surface area contributed by atoms with Crippen LogP contribution in [-0.4, -0.2) is 18.0 Å². The number of ketones is 1. The first-order valence-electron chi connectivity index (χ1n) is 6.59. The molecule has 0 saturated carbocycles. The summed E-state index contributed by atoms with van der Waals surface area (Å²) in [6, 6.07) is 18.0. The maximum atomic E-state index is 12.5. The normalized spacial score (nSPS) is 10.5. The Morgan fingerprint density at radius 2 is 1.71 bits per heavy atom. The number of rotatable bonds is 3. The van der Waals surface area contributed by atoms with Crippen molar-refractivity contribution < 1.29 is 14.6 Å². The van der Waals surface area contributed by atoms with Crippen molar-refractivity contribution in [2.24, 2.45) is 0 Å². The summed E-state index contributed by atoms with van der Waals surface area (Å²) in [4.78, 5) is 12.5. The van der Waals surface area contributed by atoms with E-state index in [1.807, 2.05) is 36.4 Å². The van der Waals surface area contributed by atoms with Gasteiger partial charge in [-0.15, -0.1) is 0 Å². The highest BCUT2D eigenvalue weighted by molar-refractivity contribution is 6.12. The van der Waals surface area contributed by atoms with E-state index in [0.717, 1.165) is 10.8 Å². The molecule has 0 unspecified atom stereocenters. The lowest BCUT2D eigenvalue weighted by Gasteiger charge is -2.07. The van der Waals surface area contributed by atoms with E-state index in [9.17, 15) is 9.90 Å². The van der Waals surface area contributed by atoms with Gasteiger partial charge in [-0.25, -0.2) is 0 Å². The van der Waals surface area contributed by atoms with Crippen molar-refractivity contribution in [2.45, 2.75) is 0 Å². The van der Waals surface area contributed by atoms with Crippen LogP contribution in [-0.2, 0) is 0 Å². The topological polar surface area (TPSA) is 46.5 Å². The van der Waals surface area contributed by atoms with E-state index in [-0.39, 0.29) is 17.1 Å². The summed E-state index contributed by atoms with van der Waals surface area (Å²) in [5.74, 6) is 0.232. The van der Waals surface area contributed by atoms with Crippen LogP contribution in [0, 0.1) is 0 Å². The molecule has 0 fully saturated rings. The van der Waals surface area contributed by atoms with Crippen molar-refractivity contribution in [2.75, 3.05) is 7.11 Å². The number of hydrogen-bond acceptors (Lipinski definition) is 3. The number of hydrogen-bond donors (Lipinski definition) is 1. The second-order valence-electron chi connectivity index (χ2n) is 4.77. The van der Waals surface area contributed by atoms with Crippen LogP contribution in [0.5, 0.6) is 11.5 Å². The second-order valence-corrected chi connectivity index (χ2v) is 4.77. The van der Waals surface area contributed by atoms with Gasteiger partial charge in [0.15, 0.2) is 5.78 Å². The fraction of sp³-hybridized carbons (Fsp3) is 0.0556. The van der Waals surface area contributed by atoms with Gasteiger partial charge in [0.1, 0.15) is 11.5 Å². The third kappa shape index (κ3) is 2.46. The third-order valence-corrected chi connectivity index (χ3v) is 3.46. The van der Waals surface area contributed by atoms with Gasteiger partial charge in [-0.1, -0.05) is 36.4 Å². The van der Waals surface area contributed by atoms with Gasteiger partial charge in [0.2, 0.25) is 0 Å². The quantitative estimate of drug-likeness (QED) is 0.741. The number of methoxy groups -OCH3 is 1. The molecule has 104 valence electrons. The van der Waals surface area contributed by atoms with Crippen molar-refractivity contribution in [1.82, 2.24) is 0 Å². The van der Waals surface area contributed by atoms with Crippen LogP contribution in [0.25, 0.3) is 10.8 Å². The van der Waals surface area contributed by atoms with E-state index < -0.39 is 0 Å². The van der Waals surface area contributed by atoms with E-state index in [1.54, 1.807) is 18.2 Å². The minimum atomic E-state index is -0.207. The highest BCUT2D eigenvalue weighted by Crippen LogP contribution is 2.26. The summed E-state index contributed by atoms with van der Waals surface area (Å²) in [7, 11) is 1.51. The molecule has 3 nitrogen and oxygen atoms in total. The standard InChI is InChI=1S/C18H14O3/c1-21-15-8-9-16(17(19)11-15)18(20)14-7-6-12-4-2-3-5-13(12)10-14/h2-11,19H,1H3. The lowest BCUT2D eigenvalue weighted by molar-refractivity contribution is 0.103. The molecular weight excluding hydrogens is 264 g/mol. The molecule has 0 aliphatic rings. The Balaban J connectivity index is 2.03. The first-order chi connectivity index (χ1) is 10.2. The molecule has 3 rings (SSSR count). The molecule has 0 bridgehead atoms. The maximum Gasteiger partial charge on any atom is 0.196 e. The average Bonchev–Trinajstić information content (AvgIpc) is 2.53. The third-order valence-electron chi connectivity index (χ3n) is 3.46. The van der Waals surface area contributed by atoms with Crippen LogP contribution in [0.15, 0.2) is 60.7 Å². The molecular formula is C18H14O3. The van der Waals surface area contributed by atoms with Crippen molar-refractivity contribution in [3.05, 3.63) is 71.8 Å². The molecule has 0 radical (unpaired) electrons.